The van der Waals surface area contributed by atoms with Gasteiger partial charge in [-0.25, -0.2) is 17.2 Å². The molecule has 12 heteroatoms. The summed E-state index contributed by atoms with van der Waals surface area (Å²) in [6, 6.07) is 3.48. The van der Waals surface area contributed by atoms with Gasteiger partial charge >= 0.3 is 0 Å². The fourth-order valence-corrected chi connectivity index (χ4v) is 2.90. The molecule has 1 atom stereocenters. The summed E-state index contributed by atoms with van der Waals surface area (Å²) >= 11 is 0. The van der Waals surface area contributed by atoms with Gasteiger partial charge in [0.05, 0.1) is 14.2 Å². The van der Waals surface area contributed by atoms with E-state index in [1.165, 1.54) is 27.2 Å². The van der Waals surface area contributed by atoms with Crippen molar-refractivity contribution in [1.29, 1.82) is 0 Å². The highest BCUT2D eigenvalue weighted by atomic mass is 32.2. The molecule has 0 saturated heterocycles. The normalized spacial score (nSPS) is 12.7. The number of sulfone groups is 1. The number of hydrogen-bond donors (Lipinski definition) is 1. The molecule has 0 fully saturated rings. The minimum atomic E-state index is -4.03. The van der Waals surface area contributed by atoms with Gasteiger partial charge in [-0.05, 0) is 19.1 Å². The molecule has 1 N–H and O–H groups in total. The Kier molecular flexibility index (Phi) is 5.98. The number of carbonyl (C=O) groups excluding carboxylic acids is 1. The number of benzene rings is 1. The number of alkyl halides is 2. The number of nitrogens with zero attached hydrogens (tertiary/aromatic N) is 3. The lowest BCUT2D eigenvalue weighted by molar-refractivity contribution is -0.119. The molecular formula is C15H18F2N4O5S. The monoisotopic (exact) mass is 404 g/mol. The highest BCUT2D eigenvalue weighted by Crippen LogP contribution is 2.30. The fourth-order valence-electron chi connectivity index (χ4n) is 2.16. The van der Waals surface area contributed by atoms with Crippen molar-refractivity contribution >= 4 is 21.4 Å². The molecule has 9 nitrogen and oxygen atoms in total. The third-order valence-electron chi connectivity index (χ3n) is 3.56. The van der Waals surface area contributed by atoms with Crippen LogP contribution in [0.25, 0.3) is 0 Å². The number of carbonyl (C=O) groups is 1. The average Bonchev–Trinajstić information content (AvgIpc) is 3.07. The van der Waals surface area contributed by atoms with E-state index >= 15 is 0 Å². The van der Waals surface area contributed by atoms with Crippen molar-refractivity contribution in [1.82, 2.24) is 15.0 Å². The molecule has 2 rings (SSSR count). The van der Waals surface area contributed by atoms with E-state index in [1.807, 2.05) is 0 Å². The van der Waals surface area contributed by atoms with E-state index in [1.54, 1.807) is 12.1 Å². The van der Waals surface area contributed by atoms with E-state index in [-0.39, 0.29) is 0 Å². The van der Waals surface area contributed by atoms with Crippen molar-refractivity contribution in [2.24, 2.45) is 0 Å². The molecule has 1 aromatic heterocycles. The molecule has 0 aliphatic carbocycles. The van der Waals surface area contributed by atoms with Crippen LogP contribution >= 0.6 is 0 Å². The topological polar surface area (TPSA) is 112 Å². The number of methoxy groups -OCH3 is 2. The lowest BCUT2D eigenvalue weighted by atomic mass is 10.2. The second-order valence-corrected chi connectivity index (χ2v) is 7.45. The first-order valence-corrected chi connectivity index (χ1v) is 9.45. The van der Waals surface area contributed by atoms with Gasteiger partial charge in [-0.1, -0.05) is 0 Å². The number of halogens is 2. The number of anilines is 1. The Bertz CT molecular complexity index is 946. The summed E-state index contributed by atoms with van der Waals surface area (Å²) in [5.41, 5.74) is -0.641. The van der Waals surface area contributed by atoms with Crippen LogP contribution in [0, 0.1) is 0 Å². The van der Waals surface area contributed by atoms with Crippen LogP contribution in [0.5, 0.6) is 11.5 Å². The molecule has 0 aliphatic rings. The maximum atomic E-state index is 13.0. The van der Waals surface area contributed by atoms with Gasteiger partial charge in [0.25, 0.3) is 12.3 Å². The van der Waals surface area contributed by atoms with Crippen LogP contribution in [0.2, 0.25) is 0 Å². The van der Waals surface area contributed by atoms with Crippen molar-refractivity contribution in [2.75, 3.05) is 25.8 Å². The predicted octanol–water partition coefficient (Wildman–Crippen LogP) is 1.84. The minimum Gasteiger partial charge on any atom is -0.493 e. The summed E-state index contributed by atoms with van der Waals surface area (Å²) in [4.78, 5) is 13.0. The molecule has 2 aromatic rings. The number of nitrogens with one attached hydrogen (secondary N) is 1. The number of ether oxygens (including phenoxy) is 2. The Morgan fingerprint density at radius 1 is 1.19 bits per heavy atom. The lowest BCUT2D eigenvalue weighted by Gasteiger charge is -2.13. The summed E-state index contributed by atoms with van der Waals surface area (Å²) in [7, 11) is -1.14. The Morgan fingerprint density at radius 3 is 2.30 bits per heavy atom. The third kappa shape index (κ3) is 4.51. The van der Waals surface area contributed by atoms with Gasteiger partial charge in [0.1, 0.15) is 6.04 Å². The summed E-state index contributed by atoms with van der Waals surface area (Å²) < 4.78 is 59.5. The van der Waals surface area contributed by atoms with Crippen LogP contribution in [-0.4, -0.2) is 49.8 Å². The number of amides is 1. The maximum Gasteiger partial charge on any atom is 0.285 e. The van der Waals surface area contributed by atoms with Crippen molar-refractivity contribution in [3.63, 3.8) is 0 Å². The van der Waals surface area contributed by atoms with E-state index in [0.29, 0.717) is 22.0 Å². The number of aromatic nitrogens is 3. The first kappa shape index (κ1) is 20.6. The molecule has 0 spiro atoms. The highest BCUT2D eigenvalue weighted by Gasteiger charge is 2.29. The van der Waals surface area contributed by atoms with Crippen LogP contribution in [0.4, 0.5) is 14.5 Å². The van der Waals surface area contributed by atoms with Crippen molar-refractivity contribution in [3.05, 3.63) is 23.9 Å². The van der Waals surface area contributed by atoms with Crippen LogP contribution in [0.3, 0.4) is 0 Å². The fraction of sp³-hybridized carbons (Fsp3) is 0.400. The smallest absolute Gasteiger partial charge is 0.285 e. The zero-order valence-electron chi connectivity index (χ0n) is 14.9. The largest absolute Gasteiger partial charge is 0.493 e. The second-order valence-electron chi connectivity index (χ2n) is 5.52. The van der Waals surface area contributed by atoms with Gasteiger partial charge < -0.3 is 14.8 Å². The van der Waals surface area contributed by atoms with E-state index < -0.39 is 38.9 Å². The Hall–Kier alpha value is -2.76. The van der Waals surface area contributed by atoms with Crippen molar-refractivity contribution < 1.29 is 31.5 Å². The maximum absolute atomic E-state index is 13.0. The molecule has 0 bridgehead atoms. The second kappa shape index (κ2) is 7.86. The Balaban J connectivity index is 2.28. The molecule has 1 heterocycles. The van der Waals surface area contributed by atoms with E-state index in [0.717, 1.165) is 6.26 Å². The zero-order valence-corrected chi connectivity index (χ0v) is 15.8. The first-order chi connectivity index (χ1) is 12.6. The molecule has 0 aliphatic heterocycles. The van der Waals surface area contributed by atoms with E-state index in [2.05, 4.69) is 15.5 Å². The van der Waals surface area contributed by atoms with E-state index in [9.17, 15) is 22.0 Å². The number of hydrogen-bond acceptors (Lipinski definition) is 7. The number of rotatable bonds is 7. The molecule has 0 unspecified atom stereocenters. The zero-order chi connectivity index (χ0) is 20.4. The van der Waals surface area contributed by atoms with Gasteiger partial charge in [0.15, 0.2) is 27.0 Å². The van der Waals surface area contributed by atoms with Crippen LogP contribution in [-0.2, 0) is 14.6 Å². The molecule has 1 amide bonds. The summed E-state index contributed by atoms with van der Waals surface area (Å²) in [5.74, 6) is 0.189. The van der Waals surface area contributed by atoms with Crippen molar-refractivity contribution in [2.45, 2.75) is 24.4 Å². The molecular weight excluding hydrogens is 386 g/mol. The summed E-state index contributed by atoms with van der Waals surface area (Å²) in [6.07, 6.45) is -2.41. The predicted molar refractivity (Wildman–Crippen MR) is 91.0 cm³/mol. The quantitative estimate of drug-likeness (QED) is 0.749. The molecule has 1 aromatic carbocycles. The van der Waals surface area contributed by atoms with Crippen LogP contribution in [0.15, 0.2) is 23.2 Å². The molecule has 27 heavy (non-hydrogen) atoms. The average molecular weight is 404 g/mol. The Labute approximate surface area is 154 Å². The minimum absolute atomic E-state index is 0.356. The summed E-state index contributed by atoms with van der Waals surface area (Å²) in [6.45, 7) is 1.34. The first-order valence-electron chi connectivity index (χ1n) is 7.56. The van der Waals surface area contributed by atoms with E-state index in [4.69, 9.17) is 9.47 Å². The molecule has 0 saturated carbocycles. The van der Waals surface area contributed by atoms with Crippen molar-refractivity contribution in [3.8, 4) is 11.5 Å². The summed E-state index contributed by atoms with van der Waals surface area (Å²) in [5, 5.41) is 8.72. The SMILES string of the molecule is COc1ccc(NC(=O)[C@@H](C)n2nc(C(F)F)c(S(C)(=O)=O)n2)cc1OC. The standard InChI is InChI=1S/C15H18F2N4O5S/c1-8(21-19-12(13(16)17)15(20-21)27(4,23)24)14(22)18-9-5-6-10(25-2)11(7-9)26-3/h5-8,13H,1-4H3,(H,18,22)/t8-/m1/s1. The van der Waals surface area contributed by atoms with Gasteiger partial charge in [0.2, 0.25) is 5.03 Å². The Morgan fingerprint density at radius 2 is 1.81 bits per heavy atom. The molecule has 0 radical (unpaired) electrons. The van der Waals surface area contributed by atoms with Gasteiger partial charge in [-0.2, -0.15) is 9.90 Å². The lowest BCUT2D eigenvalue weighted by Crippen LogP contribution is -2.25. The highest BCUT2D eigenvalue weighted by molar-refractivity contribution is 7.90. The van der Waals surface area contributed by atoms with Crippen LogP contribution in [0.1, 0.15) is 25.1 Å². The van der Waals surface area contributed by atoms with Gasteiger partial charge in [-0.15, -0.1) is 5.10 Å². The third-order valence-corrected chi connectivity index (χ3v) is 4.55. The van der Waals surface area contributed by atoms with Gasteiger partial charge in [-0.3, -0.25) is 4.79 Å². The van der Waals surface area contributed by atoms with Crippen LogP contribution < -0.4 is 14.8 Å². The molecule has 148 valence electrons. The van der Waals surface area contributed by atoms with Gasteiger partial charge in [0, 0.05) is 18.0 Å².